The second kappa shape index (κ2) is 6.77. The van der Waals surface area contributed by atoms with Crippen LogP contribution in [0.25, 0.3) is 11.1 Å². The summed E-state index contributed by atoms with van der Waals surface area (Å²) >= 11 is 5.51. The Hall–Kier alpha value is -1.52. The van der Waals surface area contributed by atoms with E-state index in [0.29, 0.717) is 18.0 Å². The van der Waals surface area contributed by atoms with Crippen molar-refractivity contribution in [2.24, 2.45) is 0 Å². The summed E-state index contributed by atoms with van der Waals surface area (Å²) < 4.78 is 26.0. The van der Waals surface area contributed by atoms with Gasteiger partial charge in [-0.15, -0.1) is 11.6 Å². The Morgan fingerprint density at radius 3 is 2.10 bits per heavy atom. The summed E-state index contributed by atoms with van der Waals surface area (Å²) in [5.74, 6) is 0.380. The second-order valence-corrected chi connectivity index (χ2v) is 6.63. The lowest BCUT2D eigenvalue weighted by molar-refractivity contribution is 0.600. The van der Waals surface area contributed by atoms with Gasteiger partial charge in [0, 0.05) is 11.6 Å². The molecule has 0 atom stereocenters. The van der Waals surface area contributed by atoms with Crippen molar-refractivity contribution in [1.82, 2.24) is 0 Å². The number of alkyl halides is 1. The van der Waals surface area contributed by atoms with E-state index in [4.69, 9.17) is 11.6 Å². The first kappa shape index (κ1) is 14.9. The molecular weight excluding hydrogens is 294 g/mol. The summed E-state index contributed by atoms with van der Waals surface area (Å²) in [7, 11) is -3.31. The average molecular weight is 310 g/mol. The van der Waals surface area contributed by atoms with Crippen LogP contribution in [0.4, 0.5) is 5.69 Å². The fourth-order valence-corrected chi connectivity index (χ4v) is 3.25. The van der Waals surface area contributed by atoms with Gasteiger partial charge in [-0.3, -0.25) is 4.72 Å². The summed E-state index contributed by atoms with van der Waals surface area (Å²) in [5.41, 5.74) is 2.72. The molecule has 3 nitrogen and oxygen atoms in total. The lowest BCUT2D eigenvalue weighted by Crippen LogP contribution is -2.16. The van der Waals surface area contributed by atoms with Crippen LogP contribution in [0, 0.1) is 0 Å². The van der Waals surface area contributed by atoms with Crippen LogP contribution in [-0.4, -0.2) is 20.1 Å². The van der Waals surface area contributed by atoms with Crippen LogP contribution in [0.3, 0.4) is 0 Å². The Bertz CT molecular complexity index is 639. The number of hydrogen-bond donors (Lipinski definition) is 1. The highest BCUT2D eigenvalue weighted by molar-refractivity contribution is 7.92. The Kier molecular flexibility index (Phi) is 5.04. The number of rotatable bonds is 6. The average Bonchev–Trinajstić information content (AvgIpc) is 2.46. The maximum atomic E-state index is 11.7. The van der Waals surface area contributed by atoms with E-state index in [1.807, 2.05) is 42.5 Å². The SMILES string of the molecule is O=S(=O)(CCCCl)Nc1ccc(-c2ccccc2)cc1. The molecule has 0 aliphatic carbocycles. The van der Waals surface area contributed by atoms with Gasteiger partial charge in [-0.1, -0.05) is 42.5 Å². The normalized spacial score (nSPS) is 11.2. The number of benzene rings is 2. The van der Waals surface area contributed by atoms with E-state index in [1.54, 1.807) is 12.1 Å². The molecule has 2 aromatic carbocycles. The first-order chi connectivity index (χ1) is 9.61. The third-order valence-electron chi connectivity index (χ3n) is 2.81. The van der Waals surface area contributed by atoms with E-state index in [-0.39, 0.29) is 5.75 Å². The molecule has 0 heterocycles. The molecule has 1 N–H and O–H groups in total. The first-order valence-corrected chi connectivity index (χ1v) is 8.51. The number of anilines is 1. The molecule has 0 saturated carbocycles. The molecule has 0 unspecified atom stereocenters. The van der Waals surface area contributed by atoms with Crippen molar-refractivity contribution in [2.45, 2.75) is 6.42 Å². The lowest BCUT2D eigenvalue weighted by atomic mass is 10.1. The molecule has 0 spiro atoms. The van der Waals surface area contributed by atoms with Gasteiger partial charge < -0.3 is 0 Å². The fraction of sp³-hybridized carbons (Fsp3) is 0.200. The summed E-state index contributed by atoms with van der Waals surface area (Å²) in [6.07, 6.45) is 0.443. The Morgan fingerprint density at radius 2 is 1.50 bits per heavy atom. The zero-order valence-electron chi connectivity index (χ0n) is 10.9. The number of sulfonamides is 1. The first-order valence-electron chi connectivity index (χ1n) is 6.33. The van der Waals surface area contributed by atoms with Crippen LogP contribution in [0.1, 0.15) is 6.42 Å². The maximum absolute atomic E-state index is 11.7. The van der Waals surface area contributed by atoms with Gasteiger partial charge in [0.05, 0.1) is 5.75 Å². The predicted octanol–water partition coefficient (Wildman–Crippen LogP) is 3.72. The van der Waals surface area contributed by atoms with Crippen molar-refractivity contribution < 1.29 is 8.42 Å². The molecule has 5 heteroatoms. The van der Waals surface area contributed by atoms with E-state index >= 15 is 0 Å². The zero-order chi connectivity index (χ0) is 14.4. The molecule has 0 amide bonds. The standard InChI is InChI=1S/C15H16ClNO2S/c16-11-4-12-20(18,19)17-15-9-7-14(8-10-15)13-5-2-1-3-6-13/h1-3,5-10,17H,4,11-12H2. The van der Waals surface area contributed by atoms with Crippen LogP contribution in [-0.2, 0) is 10.0 Å². The molecule has 0 radical (unpaired) electrons. The number of halogens is 1. The van der Waals surface area contributed by atoms with Crippen molar-refractivity contribution in [3.8, 4) is 11.1 Å². The van der Waals surface area contributed by atoms with E-state index in [1.165, 1.54) is 0 Å². The van der Waals surface area contributed by atoms with Crippen molar-refractivity contribution in [2.75, 3.05) is 16.4 Å². The molecule has 0 aliphatic heterocycles. The minimum atomic E-state index is -3.31. The monoisotopic (exact) mass is 309 g/mol. The summed E-state index contributed by atoms with van der Waals surface area (Å²) in [6.45, 7) is 0. The highest BCUT2D eigenvalue weighted by Gasteiger charge is 2.09. The Balaban J connectivity index is 2.09. The maximum Gasteiger partial charge on any atom is 0.232 e. The summed E-state index contributed by atoms with van der Waals surface area (Å²) in [6, 6.07) is 17.3. The molecule has 2 rings (SSSR count). The van der Waals surface area contributed by atoms with E-state index in [9.17, 15) is 8.42 Å². The predicted molar refractivity (Wildman–Crippen MR) is 84.6 cm³/mol. The highest BCUT2D eigenvalue weighted by atomic mass is 35.5. The molecular formula is C15H16ClNO2S. The number of hydrogen-bond acceptors (Lipinski definition) is 2. The van der Waals surface area contributed by atoms with Crippen LogP contribution >= 0.6 is 11.6 Å². The van der Waals surface area contributed by atoms with Crippen molar-refractivity contribution in [1.29, 1.82) is 0 Å². The van der Waals surface area contributed by atoms with Gasteiger partial charge in [-0.2, -0.15) is 0 Å². The second-order valence-electron chi connectivity index (χ2n) is 4.41. The summed E-state index contributed by atoms with van der Waals surface area (Å²) in [5, 5.41) is 0. The van der Waals surface area contributed by atoms with Gasteiger partial charge in [0.2, 0.25) is 10.0 Å². The van der Waals surface area contributed by atoms with Crippen LogP contribution in [0.5, 0.6) is 0 Å². The van der Waals surface area contributed by atoms with Gasteiger partial charge in [0.15, 0.2) is 0 Å². The van der Waals surface area contributed by atoms with Gasteiger partial charge in [0.1, 0.15) is 0 Å². The third kappa shape index (κ3) is 4.25. The molecule has 106 valence electrons. The van der Waals surface area contributed by atoms with E-state index < -0.39 is 10.0 Å². The fourth-order valence-electron chi connectivity index (χ4n) is 1.84. The van der Waals surface area contributed by atoms with Crippen molar-refractivity contribution >= 4 is 27.3 Å². The number of nitrogens with one attached hydrogen (secondary N) is 1. The molecule has 0 saturated heterocycles. The van der Waals surface area contributed by atoms with Crippen molar-refractivity contribution in [3.05, 3.63) is 54.6 Å². The molecule has 0 fully saturated rings. The molecule has 2 aromatic rings. The quantitative estimate of drug-likeness (QED) is 0.827. The van der Waals surface area contributed by atoms with Gasteiger partial charge in [0.25, 0.3) is 0 Å². The highest BCUT2D eigenvalue weighted by Crippen LogP contribution is 2.21. The Morgan fingerprint density at radius 1 is 0.900 bits per heavy atom. The van der Waals surface area contributed by atoms with E-state index in [2.05, 4.69) is 4.72 Å². The molecule has 20 heavy (non-hydrogen) atoms. The van der Waals surface area contributed by atoms with Crippen molar-refractivity contribution in [3.63, 3.8) is 0 Å². The largest absolute Gasteiger partial charge is 0.284 e. The van der Waals surface area contributed by atoms with Gasteiger partial charge in [-0.25, -0.2) is 8.42 Å². The lowest BCUT2D eigenvalue weighted by Gasteiger charge is -2.08. The minimum Gasteiger partial charge on any atom is -0.284 e. The van der Waals surface area contributed by atoms with Crippen LogP contribution in [0.15, 0.2) is 54.6 Å². The topological polar surface area (TPSA) is 46.2 Å². The minimum absolute atomic E-state index is 0.0386. The van der Waals surface area contributed by atoms with Gasteiger partial charge in [-0.05, 0) is 29.7 Å². The van der Waals surface area contributed by atoms with E-state index in [0.717, 1.165) is 11.1 Å². The molecule has 0 aliphatic rings. The third-order valence-corrected chi connectivity index (χ3v) is 4.45. The molecule has 0 aromatic heterocycles. The molecule has 0 bridgehead atoms. The van der Waals surface area contributed by atoms with Crippen LogP contribution < -0.4 is 4.72 Å². The van der Waals surface area contributed by atoms with Gasteiger partial charge >= 0.3 is 0 Å². The Labute approximate surface area is 124 Å². The van der Waals surface area contributed by atoms with Crippen LogP contribution in [0.2, 0.25) is 0 Å². The zero-order valence-corrected chi connectivity index (χ0v) is 12.5. The smallest absolute Gasteiger partial charge is 0.232 e. The summed E-state index contributed by atoms with van der Waals surface area (Å²) in [4.78, 5) is 0.